The molecule has 0 atom stereocenters. The van der Waals surface area contributed by atoms with Crippen molar-refractivity contribution in [1.29, 1.82) is 0 Å². The maximum absolute atomic E-state index is 12.4. The van der Waals surface area contributed by atoms with Crippen molar-refractivity contribution < 1.29 is 4.79 Å². The number of ketones is 1. The number of Topliss-reactive ketones (excluding diaryl/α,β-unsaturated/α-hetero) is 1. The summed E-state index contributed by atoms with van der Waals surface area (Å²) in [6.45, 7) is 0. The Bertz CT molecular complexity index is 439. The molecular formula is C13H15Cl2NO. The molecule has 2 N–H and O–H groups in total. The number of benzene rings is 1. The Hall–Kier alpha value is -0.570. The highest BCUT2D eigenvalue weighted by molar-refractivity contribution is 6.44. The maximum Gasteiger partial charge on any atom is 0.184 e. The number of carbonyl (C=O) groups is 1. The number of hydrogen-bond acceptors (Lipinski definition) is 2. The van der Waals surface area contributed by atoms with E-state index in [-0.39, 0.29) is 5.78 Å². The van der Waals surface area contributed by atoms with E-state index >= 15 is 0 Å². The molecule has 1 fully saturated rings. The SMILES string of the molecule is NC1(C(=O)c2cccc(Cl)c2Cl)CCCCC1. The molecule has 2 rings (SSSR count). The van der Waals surface area contributed by atoms with E-state index < -0.39 is 5.54 Å². The topological polar surface area (TPSA) is 43.1 Å². The van der Waals surface area contributed by atoms with Gasteiger partial charge in [-0.15, -0.1) is 0 Å². The first kappa shape index (κ1) is 12.9. The van der Waals surface area contributed by atoms with Gasteiger partial charge in [0.2, 0.25) is 0 Å². The van der Waals surface area contributed by atoms with Gasteiger partial charge in [-0.2, -0.15) is 0 Å². The molecule has 0 spiro atoms. The fraction of sp³-hybridized carbons (Fsp3) is 0.462. The molecule has 0 aliphatic heterocycles. The van der Waals surface area contributed by atoms with Crippen LogP contribution < -0.4 is 5.73 Å². The number of rotatable bonds is 2. The van der Waals surface area contributed by atoms with Gasteiger partial charge in [-0.3, -0.25) is 4.79 Å². The Kier molecular flexibility index (Phi) is 3.76. The van der Waals surface area contributed by atoms with Crippen LogP contribution in [0, 0.1) is 0 Å². The predicted molar refractivity (Wildman–Crippen MR) is 70.8 cm³/mol. The predicted octanol–water partition coefficient (Wildman–Crippen LogP) is 3.84. The number of nitrogens with two attached hydrogens (primary N) is 1. The van der Waals surface area contributed by atoms with Crippen LogP contribution in [0.2, 0.25) is 10.0 Å². The van der Waals surface area contributed by atoms with E-state index in [0.29, 0.717) is 15.6 Å². The van der Waals surface area contributed by atoms with Crippen LogP contribution in [0.15, 0.2) is 18.2 Å². The molecule has 0 amide bonds. The molecule has 0 heterocycles. The first-order valence-electron chi connectivity index (χ1n) is 5.82. The summed E-state index contributed by atoms with van der Waals surface area (Å²) in [6.07, 6.45) is 4.61. The Morgan fingerprint density at radius 3 is 2.47 bits per heavy atom. The molecule has 92 valence electrons. The number of hydrogen-bond donors (Lipinski definition) is 1. The second-order valence-electron chi connectivity index (χ2n) is 4.65. The summed E-state index contributed by atoms with van der Waals surface area (Å²) in [5.74, 6) is -0.0790. The normalized spacial score (nSPS) is 19.0. The lowest BCUT2D eigenvalue weighted by Gasteiger charge is -2.32. The van der Waals surface area contributed by atoms with Crippen molar-refractivity contribution >= 4 is 29.0 Å². The number of halogens is 2. The Morgan fingerprint density at radius 1 is 1.18 bits per heavy atom. The van der Waals surface area contributed by atoms with E-state index in [1.807, 2.05) is 0 Å². The van der Waals surface area contributed by atoms with Crippen molar-refractivity contribution in [2.45, 2.75) is 37.6 Å². The van der Waals surface area contributed by atoms with E-state index in [4.69, 9.17) is 28.9 Å². The average molecular weight is 272 g/mol. The highest BCUT2D eigenvalue weighted by Gasteiger charge is 2.36. The smallest absolute Gasteiger partial charge is 0.184 e. The summed E-state index contributed by atoms with van der Waals surface area (Å²) >= 11 is 12.0. The first-order valence-corrected chi connectivity index (χ1v) is 6.58. The Balaban J connectivity index is 2.33. The zero-order valence-corrected chi connectivity index (χ0v) is 11.0. The molecule has 17 heavy (non-hydrogen) atoms. The van der Waals surface area contributed by atoms with Crippen molar-refractivity contribution in [3.63, 3.8) is 0 Å². The van der Waals surface area contributed by atoms with Gasteiger partial charge in [0.15, 0.2) is 5.78 Å². The molecule has 0 aromatic heterocycles. The van der Waals surface area contributed by atoms with E-state index in [0.717, 1.165) is 32.1 Å². The summed E-state index contributed by atoms with van der Waals surface area (Å²) < 4.78 is 0. The summed E-state index contributed by atoms with van der Waals surface area (Å²) in [4.78, 5) is 12.4. The monoisotopic (exact) mass is 271 g/mol. The van der Waals surface area contributed by atoms with Gasteiger partial charge in [0.25, 0.3) is 0 Å². The van der Waals surface area contributed by atoms with Crippen LogP contribution >= 0.6 is 23.2 Å². The van der Waals surface area contributed by atoms with E-state index in [2.05, 4.69) is 0 Å². The van der Waals surface area contributed by atoms with Crippen molar-refractivity contribution in [3.8, 4) is 0 Å². The molecule has 0 saturated heterocycles. The zero-order chi connectivity index (χ0) is 12.5. The van der Waals surface area contributed by atoms with Crippen LogP contribution in [0.1, 0.15) is 42.5 Å². The Labute approximate surface area is 111 Å². The van der Waals surface area contributed by atoms with Crippen LogP contribution in [-0.4, -0.2) is 11.3 Å². The van der Waals surface area contributed by atoms with E-state index in [1.165, 1.54) is 0 Å². The largest absolute Gasteiger partial charge is 0.319 e. The number of carbonyl (C=O) groups excluding carboxylic acids is 1. The molecule has 2 nitrogen and oxygen atoms in total. The van der Waals surface area contributed by atoms with E-state index in [9.17, 15) is 4.79 Å². The second-order valence-corrected chi connectivity index (χ2v) is 5.43. The summed E-state index contributed by atoms with van der Waals surface area (Å²) in [6, 6.07) is 5.10. The third-order valence-corrected chi connectivity index (χ3v) is 4.21. The molecule has 0 unspecified atom stereocenters. The second kappa shape index (κ2) is 4.97. The van der Waals surface area contributed by atoms with Crippen LogP contribution in [-0.2, 0) is 0 Å². The van der Waals surface area contributed by atoms with Crippen molar-refractivity contribution in [1.82, 2.24) is 0 Å². The van der Waals surface area contributed by atoms with Gasteiger partial charge in [-0.05, 0) is 25.0 Å². The molecule has 1 aromatic carbocycles. The minimum absolute atomic E-state index is 0.0790. The van der Waals surface area contributed by atoms with Gasteiger partial charge in [0.05, 0.1) is 15.6 Å². The molecule has 1 aliphatic carbocycles. The fourth-order valence-corrected chi connectivity index (χ4v) is 2.74. The lowest BCUT2D eigenvalue weighted by Crippen LogP contribution is -2.49. The molecule has 4 heteroatoms. The molecule has 1 saturated carbocycles. The van der Waals surface area contributed by atoms with Crippen molar-refractivity contribution in [2.75, 3.05) is 0 Å². The van der Waals surface area contributed by atoms with Gasteiger partial charge in [-0.1, -0.05) is 48.5 Å². The standard InChI is InChI=1S/C13H15Cl2NO/c14-10-6-4-5-9(11(10)15)12(17)13(16)7-2-1-3-8-13/h4-6H,1-3,7-8,16H2. The molecule has 0 radical (unpaired) electrons. The fourth-order valence-electron chi connectivity index (χ4n) is 2.36. The first-order chi connectivity index (χ1) is 8.04. The molecular weight excluding hydrogens is 257 g/mol. The van der Waals surface area contributed by atoms with Gasteiger partial charge in [0.1, 0.15) is 0 Å². The minimum Gasteiger partial charge on any atom is -0.319 e. The lowest BCUT2D eigenvalue weighted by molar-refractivity contribution is 0.0848. The molecule has 1 aliphatic rings. The maximum atomic E-state index is 12.4. The lowest BCUT2D eigenvalue weighted by atomic mass is 9.77. The van der Waals surface area contributed by atoms with Crippen molar-refractivity contribution in [2.24, 2.45) is 5.73 Å². The highest BCUT2D eigenvalue weighted by atomic mass is 35.5. The summed E-state index contributed by atoms with van der Waals surface area (Å²) in [5, 5.41) is 0.714. The van der Waals surface area contributed by atoms with E-state index in [1.54, 1.807) is 18.2 Å². The quantitative estimate of drug-likeness (QED) is 0.831. The zero-order valence-electron chi connectivity index (χ0n) is 9.51. The van der Waals surface area contributed by atoms with Gasteiger partial charge in [-0.25, -0.2) is 0 Å². The molecule has 1 aromatic rings. The van der Waals surface area contributed by atoms with Crippen LogP contribution in [0.4, 0.5) is 0 Å². The molecule has 0 bridgehead atoms. The minimum atomic E-state index is -0.757. The highest BCUT2D eigenvalue weighted by Crippen LogP contribution is 2.33. The van der Waals surface area contributed by atoms with Gasteiger partial charge in [0, 0.05) is 5.56 Å². The van der Waals surface area contributed by atoms with Crippen LogP contribution in [0.25, 0.3) is 0 Å². The van der Waals surface area contributed by atoms with Crippen molar-refractivity contribution in [3.05, 3.63) is 33.8 Å². The van der Waals surface area contributed by atoms with Crippen LogP contribution in [0.5, 0.6) is 0 Å². The third-order valence-electron chi connectivity index (χ3n) is 3.39. The third kappa shape index (κ3) is 2.49. The summed E-state index contributed by atoms with van der Waals surface area (Å²) in [5.41, 5.74) is 5.89. The van der Waals surface area contributed by atoms with Gasteiger partial charge < -0.3 is 5.73 Å². The van der Waals surface area contributed by atoms with Gasteiger partial charge >= 0.3 is 0 Å². The van der Waals surface area contributed by atoms with Crippen LogP contribution in [0.3, 0.4) is 0 Å². The Morgan fingerprint density at radius 2 is 1.82 bits per heavy atom. The summed E-state index contributed by atoms with van der Waals surface area (Å²) in [7, 11) is 0. The average Bonchev–Trinajstić information content (AvgIpc) is 2.33.